The molecule has 0 saturated carbocycles. The van der Waals surface area contributed by atoms with Gasteiger partial charge in [-0.3, -0.25) is 0 Å². The van der Waals surface area contributed by atoms with Gasteiger partial charge in [0.05, 0.1) is 42.7 Å². The quantitative estimate of drug-likeness (QED) is 0.654. The van der Waals surface area contributed by atoms with Gasteiger partial charge in [-0.15, -0.1) is 0 Å². The van der Waals surface area contributed by atoms with Crippen LogP contribution in [0.1, 0.15) is 39.2 Å². The second kappa shape index (κ2) is 10.4. The van der Waals surface area contributed by atoms with Crippen molar-refractivity contribution in [3.8, 4) is 29.7 Å². The monoisotopic (exact) mass is 475 g/mol. The summed E-state index contributed by atoms with van der Waals surface area (Å²) >= 11 is 0. The Morgan fingerprint density at radius 2 is 1.91 bits per heavy atom. The van der Waals surface area contributed by atoms with Crippen LogP contribution in [0.25, 0.3) is 0 Å². The van der Waals surface area contributed by atoms with Crippen molar-refractivity contribution in [2.45, 2.75) is 39.7 Å². The summed E-state index contributed by atoms with van der Waals surface area (Å²) in [5.41, 5.74) is 5.82. The highest BCUT2D eigenvalue weighted by Crippen LogP contribution is 2.55. The van der Waals surface area contributed by atoms with Crippen molar-refractivity contribution in [3.05, 3.63) is 46.7 Å². The molecule has 0 saturated heterocycles. The molecule has 0 unspecified atom stereocenters. The highest BCUT2D eigenvalue weighted by Gasteiger charge is 2.55. The predicted octanol–water partition coefficient (Wildman–Crippen LogP) is 3.75. The fourth-order valence-corrected chi connectivity index (χ4v) is 4.76. The highest BCUT2D eigenvalue weighted by atomic mass is 16.6. The second-order valence-corrected chi connectivity index (χ2v) is 8.59. The summed E-state index contributed by atoms with van der Waals surface area (Å²) < 4.78 is 16.9. The van der Waals surface area contributed by atoms with Crippen LogP contribution in [-0.4, -0.2) is 43.4 Å². The summed E-state index contributed by atoms with van der Waals surface area (Å²) in [6.45, 7) is 8.36. The van der Waals surface area contributed by atoms with Crippen molar-refractivity contribution in [3.63, 3.8) is 0 Å². The minimum absolute atomic E-state index is 0.0810. The largest absolute Gasteiger partial charge is 0.490 e. The minimum Gasteiger partial charge on any atom is -0.490 e. The standard InChI is InChI=1S/C26H29N5O4/c1-5-33-22-11-17(7-8-21(22)35-16(3)4)23-20-13-31(25(32)34-6-2)10-9-18(20)19(12-27)24(30)26(23,14-28)15-29/h7-9,11,16,20,23H,5-6,10,13,30H2,1-4H3/t20-,23-/m0/s1. The molecule has 1 aliphatic heterocycles. The first-order valence-electron chi connectivity index (χ1n) is 11.6. The Balaban J connectivity index is 2.24. The normalized spacial score (nSPS) is 20.6. The van der Waals surface area contributed by atoms with Crippen LogP contribution >= 0.6 is 0 Å². The summed E-state index contributed by atoms with van der Waals surface area (Å²) in [4.78, 5) is 14.0. The van der Waals surface area contributed by atoms with Gasteiger partial charge in [-0.05, 0) is 51.0 Å². The summed E-state index contributed by atoms with van der Waals surface area (Å²) in [7, 11) is 0. The number of carbonyl (C=O) groups is 1. The molecule has 1 amide bonds. The Morgan fingerprint density at radius 3 is 2.49 bits per heavy atom. The number of hydrogen-bond acceptors (Lipinski definition) is 8. The number of nitrogens with zero attached hydrogens (tertiary/aromatic N) is 4. The van der Waals surface area contributed by atoms with Gasteiger partial charge in [0.25, 0.3) is 0 Å². The number of nitrogens with two attached hydrogens (primary N) is 1. The number of rotatable bonds is 6. The van der Waals surface area contributed by atoms with E-state index in [-0.39, 0.29) is 37.1 Å². The number of benzene rings is 1. The van der Waals surface area contributed by atoms with E-state index in [1.807, 2.05) is 20.8 Å². The molecule has 2 N–H and O–H groups in total. The van der Waals surface area contributed by atoms with Crippen LogP contribution in [0.4, 0.5) is 4.79 Å². The molecular formula is C26H29N5O4. The first kappa shape index (κ1) is 25.5. The smallest absolute Gasteiger partial charge is 0.410 e. The third-order valence-corrected chi connectivity index (χ3v) is 6.18. The van der Waals surface area contributed by atoms with E-state index in [1.165, 1.54) is 4.90 Å². The Morgan fingerprint density at radius 1 is 1.20 bits per heavy atom. The Bertz CT molecular complexity index is 1170. The molecule has 35 heavy (non-hydrogen) atoms. The highest BCUT2D eigenvalue weighted by molar-refractivity contribution is 5.69. The minimum atomic E-state index is -1.82. The van der Waals surface area contributed by atoms with Crippen LogP contribution in [0, 0.1) is 45.3 Å². The lowest BCUT2D eigenvalue weighted by atomic mass is 9.58. The van der Waals surface area contributed by atoms with Gasteiger partial charge in [-0.2, -0.15) is 15.8 Å². The van der Waals surface area contributed by atoms with Crippen LogP contribution in [-0.2, 0) is 4.74 Å². The molecule has 0 aromatic heterocycles. The summed E-state index contributed by atoms with van der Waals surface area (Å²) in [6, 6.07) is 11.6. The van der Waals surface area contributed by atoms with Crippen molar-refractivity contribution < 1.29 is 19.0 Å². The van der Waals surface area contributed by atoms with Crippen LogP contribution in [0.3, 0.4) is 0 Å². The van der Waals surface area contributed by atoms with Gasteiger partial charge in [0.1, 0.15) is 6.07 Å². The molecule has 9 heteroatoms. The molecule has 182 valence electrons. The van der Waals surface area contributed by atoms with Crippen molar-refractivity contribution in [2.75, 3.05) is 26.3 Å². The number of carbonyl (C=O) groups excluding carboxylic acids is 1. The van der Waals surface area contributed by atoms with Gasteiger partial charge in [-0.1, -0.05) is 12.1 Å². The summed E-state index contributed by atoms with van der Waals surface area (Å²) in [5.74, 6) is -0.304. The molecule has 9 nitrogen and oxygen atoms in total. The molecule has 1 aromatic rings. The number of fused-ring (bicyclic) bond motifs is 1. The molecule has 3 rings (SSSR count). The van der Waals surface area contributed by atoms with Gasteiger partial charge in [0.2, 0.25) is 0 Å². The SMILES string of the molecule is CCOC(=O)N1CC=C2C(C#N)=C(N)C(C#N)(C#N)[C@@H](c3ccc(OC(C)C)c(OCC)c3)[C@H]2C1. The van der Waals surface area contributed by atoms with Gasteiger partial charge in [-0.25, -0.2) is 4.79 Å². The van der Waals surface area contributed by atoms with Gasteiger partial charge < -0.3 is 24.8 Å². The van der Waals surface area contributed by atoms with E-state index in [2.05, 4.69) is 18.2 Å². The van der Waals surface area contributed by atoms with Gasteiger partial charge in [0.15, 0.2) is 16.9 Å². The number of allylic oxidation sites excluding steroid dienone is 2. The van der Waals surface area contributed by atoms with E-state index in [1.54, 1.807) is 31.2 Å². The fraction of sp³-hybridized carbons (Fsp3) is 0.462. The zero-order valence-electron chi connectivity index (χ0n) is 20.4. The van der Waals surface area contributed by atoms with Gasteiger partial charge >= 0.3 is 6.09 Å². The van der Waals surface area contributed by atoms with Crippen LogP contribution in [0.2, 0.25) is 0 Å². The van der Waals surface area contributed by atoms with E-state index >= 15 is 0 Å². The lowest BCUT2D eigenvalue weighted by Crippen LogP contribution is -2.49. The number of amides is 1. The van der Waals surface area contributed by atoms with Crippen molar-refractivity contribution in [2.24, 2.45) is 17.1 Å². The molecule has 1 aliphatic carbocycles. The molecule has 0 radical (unpaired) electrons. The molecule has 2 atom stereocenters. The predicted molar refractivity (Wildman–Crippen MR) is 127 cm³/mol. The number of ether oxygens (including phenoxy) is 3. The van der Waals surface area contributed by atoms with Crippen molar-refractivity contribution in [1.29, 1.82) is 15.8 Å². The molecule has 1 heterocycles. The first-order valence-corrected chi connectivity index (χ1v) is 11.6. The topological polar surface area (TPSA) is 145 Å². The lowest BCUT2D eigenvalue weighted by molar-refractivity contribution is 0.0999. The first-order chi connectivity index (χ1) is 16.8. The third kappa shape index (κ3) is 4.48. The Labute approximate surface area is 205 Å². The van der Waals surface area contributed by atoms with Crippen molar-refractivity contribution >= 4 is 6.09 Å². The maximum Gasteiger partial charge on any atom is 0.410 e. The van der Waals surface area contributed by atoms with Gasteiger partial charge in [0, 0.05) is 24.9 Å². The van der Waals surface area contributed by atoms with E-state index in [9.17, 15) is 20.6 Å². The molecule has 0 bridgehead atoms. The second-order valence-electron chi connectivity index (χ2n) is 8.59. The Hall–Kier alpha value is -4.16. The van der Waals surface area contributed by atoms with E-state index in [0.29, 0.717) is 29.2 Å². The van der Waals surface area contributed by atoms with E-state index in [4.69, 9.17) is 19.9 Å². The molecular weight excluding hydrogens is 446 g/mol. The van der Waals surface area contributed by atoms with Crippen molar-refractivity contribution in [1.82, 2.24) is 4.90 Å². The Kier molecular flexibility index (Phi) is 7.57. The zero-order valence-corrected chi connectivity index (χ0v) is 20.4. The zero-order chi connectivity index (χ0) is 25.8. The van der Waals surface area contributed by atoms with E-state index < -0.39 is 23.3 Å². The fourth-order valence-electron chi connectivity index (χ4n) is 4.76. The van der Waals surface area contributed by atoms with Crippen LogP contribution in [0.15, 0.2) is 41.1 Å². The molecule has 0 fully saturated rings. The maximum absolute atomic E-state index is 12.5. The molecule has 2 aliphatic rings. The average molecular weight is 476 g/mol. The molecule has 1 aromatic carbocycles. The maximum atomic E-state index is 12.5. The van der Waals surface area contributed by atoms with Crippen LogP contribution in [0.5, 0.6) is 11.5 Å². The summed E-state index contributed by atoms with van der Waals surface area (Å²) in [5, 5.41) is 30.4. The number of nitriles is 3. The summed E-state index contributed by atoms with van der Waals surface area (Å²) in [6.07, 6.45) is 1.16. The number of hydrogen-bond donors (Lipinski definition) is 1. The third-order valence-electron chi connectivity index (χ3n) is 6.18. The lowest BCUT2D eigenvalue weighted by Gasteiger charge is -2.45. The molecule has 0 spiro atoms. The van der Waals surface area contributed by atoms with Crippen LogP contribution < -0.4 is 15.2 Å². The van der Waals surface area contributed by atoms with E-state index in [0.717, 1.165) is 0 Å². The average Bonchev–Trinajstić information content (AvgIpc) is 2.84.